The summed E-state index contributed by atoms with van der Waals surface area (Å²) in [6, 6.07) is 13.8. The fourth-order valence-electron chi connectivity index (χ4n) is 1.84. The second-order valence-electron chi connectivity index (χ2n) is 4.19. The SMILES string of the molecule is O=C(NC(CBr)c1ccccc1)c1c(F)cccc1Br. The lowest BCUT2D eigenvalue weighted by atomic mass is 10.1. The minimum atomic E-state index is -0.543. The van der Waals surface area contributed by atoms with E-state index >= 15 is 0 Å². The van der Waals surface area contributed by atoms with Crippen molar-refractivity contribution in [1.82, 2.24) is 5.32 Å². The van der Waals surface area contributed by atoms with Gasteiger partial charge in [0, 0.05) is 9.80 Å². The molecule has 0 fully saturated rings. The van der Waals surface area contributed by atoms with E-state index < -0.39 is 11.7 Å². The topological polar surface area (TPSA) is 29.1 Å². The van der Waals surface area contributed by atoms with E-state index in [0.717, 1.165) is 5.56 Å². The summed E-state index contributed by atoms with van der Waals surface area (Å²) in [4.78, 5) is 12.2. The Bertz CT molecular complexity index is 584. The number of carbonyl (C=O) groups excluding carboxylic acids is 1. The lowest BCUT2D eigenvalue weighted by Gasteiger charge is -2.17. The smallest absolute Gasteiger partial charge is 0.255 e. The maximum absolute atomic E-state index is 13.8. The van der Waals surface area contributed by atoms with Gasteiger partial charge in [0.1, 0.15) is 5.82 Å². The number of alkyl halides is 1. The van der Waals surface area contributed by atoms with E-state index in [1.165, 1.54) is 6.07 Å². The largest absolute Gasteiger partial charge is 0.344 e. The molecule has 104 valence electrons. The number of hydrogen-bond acceptors (Lipinski definition) is 1. The van der Waals surface area contributed by atoms with Crippen LogP contribution in [0.2, 0.25) is 0 Å². The van der Waals surface area contributed by atoms with Gasteiger partial charge in [0.2, 0.25) is 0 Å². The molecule has 0 saturated heterocycles. The average molecular weight is 401 g/mol. The van der Waals surface area contributed by atoms with Gasteiger partial charge in [-0.3, -0.25) is 4.79 Å². The monoisotopic (exact) mass is 399 g/mol. The standard InChI is InChI=1S/C15H12Br2FNO/c16-9-13(10-5-2-1-3-6-10)19-15(20)14-11(17)7-4-8-12(14)18/h1-8,13H,9H2,(H,19,20). The molecule has 1 unspecified atom stereocenters. The molecular formula is C15H12Br2FNO. The highest BCUT2D eigenvalue weighted by atomic mass is 79.9. The van der Waals surface area contributed by atoms with Crippen LogP contribution in [-0.4, -0.2) is 11.2 Å². The summed E-state index contributed by atoms with van der Waals surface area (Å²) in [6.45, 7) is 0. The summed E-state index contributed by atoms with van der Waals surface area (Å²) in [5.41, 5.74) is 0.986. The molecule has 1 amide bonds. The van der Waals surface area contributed by atoms with Gasteiger partial charge in [-0.2, -0.15) is 0 Å². The lowest BCUT2D eigenvalue weighted by molar-refractivity contribution is 0.0936. The van der Waals surface area contributed by atoms with E-state index in [9.17, 15) is 9.18 Å². The van der Waals surface area contributed by atoms with Gasteiger partial charge in [-0.25, -0.2) is 4.39 Å². The van der Waals surface area contributed by atoms with Crippen molar-refractivity contribution in [2.75, 3.05) is 5.33 Å². The Kier molecular flexibility index (Phi) is 5.31. The lowest BCUT2D eigenvalue weighted by Crippen LogP contribution is -2.30. The molecule has 1 N–H and O–H groups in total. The molecular weight excluding hydrogens is 389 g/mol. The normalized spacial score (nSPS) is 11.9. The quantitative estimate of drug-likeness (QED) is 0.754. The zero-order chi connectivity index (χ0) is 14.5. The van der Waals surface area contributed by atoms with Crippen molar-refractivity contribution in [2.45, 2.75) is 6.04 Å². The summed E-state index contributed by atoms with van der Waals surface area (Å²) < 4.78 is 14.2. The zero-order valence-corrected chi connectivity index (χ0v) is 13.6. The van der Waals surface area contributed by atoms with E-state index in [2.05, 4.69) is 37.2 Å². The van der Waals surface area contributed by atoms with Gasteiger partial charge in [-0.15, -0.1) is 0 Å². The van der Waals surface area contributed by atoms with E-state index in [1.54, 1.807) is 12.1 Å². The Morgan fingerprint density at radius 3 is 2.45 bits per heavy atom. The van der Waals surface area contributed by atoms with E-state index in [0.29, 0.717) is 9.80 Å². The number of benzene rings is 2. The first-order chi connectivity index (χ1) is 9.63. The van der Waals surface area contributed by atoms with Crippen LogP contribution in [-0.2, 0) is 0 Å². The Hall–Kier alpha value is -1.20. The molecule has 1 atom stereocenters. The molecule has 2 aromatic carbocycles. The van der Waals surface area contributed by atoms with Crippen molar-refractivity contribution < 1.29 is 9.18 Å². The summed E-state index contributed by atoms with van der Waals surface area (Å²) in [7, 11) is 0. The predicted molar refractivity (Wildman–Crippen MR) is 84.5 cm³/mol. The Morgan fingerprint density at radius 2 is 1.85 bits per heavy atom. The molecule has 0 spiro atoms. The van der Waals surface area contributed by atoms with Crippen LogP contribution in [0.25, 0.3) is 0 Å². The highest BCUT2D eigenvalue weighted by Crippen LogP contribution is 2.22. The fraction of sp³-hybridized carbons (Fsp3) is 0.133. The first kappa shape index (κ1) is 15.2. The Labute approximate surface area is 133 Å². The molecule has 0 radical (unpaired) electrons. The molecule has 0 saturated carbocycles. The minimum absolute atomic E-state index is 0.0226. The summed E-state index contributed by atoms with van der Waals surface area (Å²) in [6.07, 6.45) is 0. The molecule has 0 bridgehead atoms. The van der Waals surface area contributed by atoms with Gasteiger partial charge in [0.25, 0.3) is 5.91 Å². The summed E-state index contributed by atoms with van der Waals surface area (Å²) in [5, 5.41) is 3.38. The molecule has 0 aliphatic heterocycles. The van der Waals surface area contributed by atoms with Crippen LogP contribution in [0.4, 0.5) is 4.39 Å². The van der Waals surface area contributed by atoms with Crippen LogP contribution >= 0.6 is 31.9 Å². The number of halogens is 3. The molecule has 0 aliphatic carbocycles. The van der Waals surface area contributed by atoms with Crippen molar-refractivity contribution in [3.63, 3.8) is 0 Å². The molecule has 0 heterocycles. The molecule has 0 aromatic heterocycles. The third kappa shape index (κ3) is 3.46. The number of nitrogens with one attached hydrogen (secondary N) is 1. The number of rotatable bonds is 4. The van der Waals surface area contributed by atoms with Gasteiger partial charge in [-0.05, 0) is 33.6 Å². The summed E-state index contributed by atoms with van der Waals surface area (Å²) in [5.74, 6) is -0.985. The van der Waals surface area contributed by atoms with E-state index in [1.807, 2.05) is 30.3 Å². The third-order valence-electron chi connectivity index (χ3n) is 2.85. The van der Waals surface area contributed by atoms with Gasteiger partial charge in [0.05, 0.1) is 11.6 Å². The van der Waals surface area contributed by atoms with Crippen LogP contribution in [0.3, 0.4) is 0 Å². The first-order valence-electron chi connectivity index (χ1n) is 5.99. The molecule has 2 rings (SSSR count). The van der Waals surface area contributed by atoms with Crippen molar-refractivity contribution in [3.8, 4) is 0 Å². The van der Waals surface area contributed by atoms with Crippen molar-refractivity contribution in [1.29, 1.82) is 0 Å². The number of hydrogen-bond donors (Lipinski definition) is 1. The minimum Gasteiger partial charge on any atom is -0.344 e. The first-order valence-corrected chi connectivity index (χ1v) is 7.90. The van der Waals surface area contributed by atoms with Crippen LogP contribution in [0.1, 0.15) is 22.0 Å². The van der Waals surface area contributed by atoms with E-state index in [-0.39, 0.29) is 11.6 Å². The molecule has 20 heavy (non-hydrogen) atoms. The zero-order valence-electron chi connectivity index (χ0n) is 10.4. The third-order valence-corrected chi connectivity index (χ3v) is 4.16. The average Bonchev–Trinajstić information content (AvgIpc) is 2.45. The highest BCUT2D eigenvalue weighted by molar-refractivity contribution is 9.10. The number of carbonyl (C=O) groups is 1. The van der Waals surface area contributed by atoms with Gasteiger partial charge < -0.3 is 5.32 Å². The predicted octanol–water partition coefficient (Wildman–Crippen LogP) is 4.45. The van der Waals surface area contributed by atoms with Gasteiger partial charge in [0.15, 0.2) is 0 Å². The van der Waals surface area contributed by atoms with Crippen LogP contribution < -0.4 is 5.32 Å². The van der Waals surface area contributed by atoms with Crippen LogP contribution in [0, 0.1) is 5.82 Å². The molecule has 2 aromatic rings. The number of amides is 1. The maximum Gasteiger partial charge on any atom is 0.255 e. The van der Waals surface area contributed by atoms with Gasteiger partial charge >= 0.3 is 0 Å². The summed E-state index contributed by atoms with van der Waals surface area (Å²) >= 11 is 6.57. The molecule has 5 heteroatoms. The van der Waals surface area contributed by atoms with E-state index in [4.69, 9.17) is 0 Å². The van der Waals surface area contributed by atoms with Crippen molar-refractivity contribution >= 4 is 37.8 Å². The maximum atomic E-state index is 13.8. The Morgan fingerprint density at radius 1 is 1.15 bits per heavy atom. The second kappa shape index (κ2) is 6.99. The molecule has 2 nitrogen and oxygen atoms in total. The second-order valence-corrected chi connectivity index (χ2v) is 5.69. The highest BCUT2D eigenvalue weighted by Gasteiger charge is 2.19. The fourth-order valence-corrected chi connectivity index (χ4v) is 2.90. The van der Waals surface area contributed by atoms with Crippen LogP contribution in [0.5, 0.6) is 0 Å². The van der Waals surface area contributed by atoms with Crippen molar-refractivity contribution in [2.24, 2.45) is 0 Å². The van der Waals surface area contributed by atoms with Gasteiger partial charge in [-0.1, -0.05) is 52.3 Å². The molecule has 0 aliphatic rings. The van der Waals surface area contributed by atoms with Crippen molar-refractivity contribution in [3.05, 3.63) is 69.9 Å². The van der Waals surface area contributed by atoms with Crippen LogP contribution in [0.15, 0.2) is 53.0 Å². The Balaban J connectivity index is 2.22.